The van der Waals surface area contributed by atoms with Crippen molar-refractivity contribution < 1.29 is 9.47 Å². The van der Waals surface area contributed by atoms with Gasteiger partial charge in [0, 0.05) is 16.1 Å². The number of rotatable bonds is 5. The zero-order valence-electron chi connectivity index (χ0n) is 12.5. The average molecular weight is 350 g/mol. The van der Waals surface area contributed by atoms with Gasteiger partial charge in [-0.15, -0.1) is 0 Å². The van der Waals surface area contributed by atoms with Crippen molar-refractivity contribution in [1.82, 2.24) is 0 Å². The highest BCUT2D eigenvalue weighted by Crippen LogP contribution is 2.32. The summed E-state index contributed by atoms with van der Waals surface area (Å²) < 4.78 is 12.6. The van der Waals surface area contributed by atoms with Crippen LogP contribution in [0.25, 0.3) is 0 Å². The summed E-state index contributed by atoms with van der Waals surface area (Å²) in [5.74, 6) is 1.61. The molecule has 0 aromatic heterocycles. The van der Waals surface area contributed by atoms with E-state index in [9.17, 15) is 0 Å². The Hall–Kier alpha value is -1.52. The molecule has 3 nitrogen and oxygen atoms in total. The van der Waals surface area contributed by atoms with E-state index < -0.39 is 0 Å². The summed E-state index contributed by atoms with van der Waals surface area (Å²) in [5, 5.41) is 0. The first-order valence-corrected chi connectivity index (χ1v) is 7.63. The summed E-state index contributed by atoms with van der Waals surface area (Å²) in [7, 11) is 1.65. The second kappa shape index (κ2) is 6.96. The van der Waals surface area contributed by atoms with E-state index in [1.54, 1.807) is 7.11 Å². The fourth-order valence-electron chi connectivity index (χ4n) is 2.24. The molecule has 21 heavy (non-hydrogen) atoms. The Kier molecular flexibility index (Phi) is 5.26. The normalized spacial score (nSPS) is 13.6. The molecule has 0 spiro atoms. The van der Waals surface area contributed by atoms with Crippen molar-refractivity contribution in [2.75, 3.05) is 7.11 Å². The van der Waals surface area contributed by atoms with Crippen molar-refractivity contribution in [2.45, 2.75) is 26.0 Å². The molecule has 2 atom stereocenters. The third-order valence-electron chi connectivity index (χ3n) is 3.31. The van der Waals surface area contributed by atoms with Gasteiger partial charge in [0.1, 0.15) is 17.6 Å². The lowest BCUT2D eigenvalue weighted by molar-refractivity contribution is 0.175. The van der Waals surface area contributed by atoms with Gasteiger partial charge in [0.15, 0.2) is 0 Å². The molecule has 112 valence electrons. The van der Waals surface area contributed by atoms with Gasteiger partial charge in [-0.25, -0.2) is 0 Å². The number of para-hydroxylation sites is 1. The standard InChI is InChI=1S/C17H20BrNO2/c1-11-10-13(18)8-9-15(11)21-17(12(2)19)14-6-4-5-7-16(14)20-3/h4-10,12,17H,19H2,1-3H3. The molecule has 0 heterocycles. The molecule has 0 radical (unpaired) electrons. The fourth-order valence-corrected chi connectivity index (χ4v) is 2.71. The summed E-state index contributed by atoms with van der Waals surface area (Å²) in [4.78, 5) is 0. The summed E-state index contributed by atoms with van der Waals surface area (Å²) >= 11 is 3.46. The average Bonchev–Trinajstić information content (AvgIpc) is 2.46. The van der Waals surface area contributed by atoms with Gasteiger partial charge in [-0.1, -0.05) is 34.1 Å². The van der Waals surface area contributed by atoms with Crippen LogP contribution in [0, 0.1) is 6.92 Å². The van der Waals surface area contributed by atoms with Crippen molar-refractivity contribution in [3.05, 3.63) is 58.1 Å². The SMILES string of the molecule is COc1ccccc1C(Oc1ccc(Br)cc1C)C(C)N. The van der Waals surface area contributed by atoms with Crippen LogP contribution < -0.4 is 15.2 Å². The van der Waals surface area contributed by atoms with Crippen molar-refractivity contribution in [1.29, 1.82) is 0 Å². The summed E-state index contributed by atoms with van der Waals surface area (Å²) in [6, 6.07) is 13.6. The molecule has 2 aromatic rings. The monoisotopic (exact) mass is 349 g/mol. The summed E-state index contributed by atoms with van der Waals surface area (Å²) in [6.45, 7) is 3.95. The molecule has 0 aliphatic carbocycles. The Bertz CT molecular complexity index is 613. The van der Waals surface area contributed by atoms with Crippen molar-refractivity contribution in [3.63, 3.8) is 0 Å². The quantitative estimate of drug-likeness (QED) is 0.878. The Morgan fingerprint density at radius 3 is 2.43 bits per heavy atom. The first kappa shape index (κ1) is 15.9. The molecule has 0 fully saturated rings. The molecule has 2 rings (SSSR count). The number of hydrogen-bond donors (Lipinski definition) is 1. The van der Waals surface area contributed by atoms with E-state index in [-0.39, 0.29) is 12.1 Å². The first-order chi connectivity index (χ1) is 10.0. The van der Waals surface area contributed by atoms with Crippen molar-refractivity contribution in [3.8, 4) is 11.5 Å². The molecular weight excluding hydrogens is 330 g/mol. The van der Waals surface area contributed by atoms with E-state index in [0.29, 0.717) is 0 Å². The highest BCUT2D eigenvalue weighted by atomic mass is 79.9. The Morgan fingerprint density at radius 1 is 1.10 bits per heavy atom. The van der Waals surface area contributed by atoms with E-state index in [2.05, 4.69) is 15.9 Å². The van der Waals surface area contributed by atoms with Crippen LogP contribution in [0.5, 0.6) is 11.5 Å². The number of aryl methyl sites for hydroxylation is 1. The van der Waals surface area contributed by atoms with E-state index >= 15 is 0 Å². The number of hydrogen-bond acceptors (Lipinski definition) is 3. The van der Waals surface area contributed by atoms with Gasteiger partial charge in [0.25, 0.3) is 0 Å². The van der Waals surface area contributed by atoms with Crippen LogP contribution in [-0.2, 0) is 0 Å². The zero-order valence-corrected chi connectivity index (χ0v) is 14.1. The molecule has 0 aliphatic rings. The van der Waals surface area contributed by atoms with Crippen molar-refractivity contribution >= 4 is 15.9 Å². The molecule has 0 saturated carbocycles. The maximum atomic E-state index is 6.16. The van der Waals surface area contributed by atoms with E-state index in [4.69, 9.17) is 15.2 Å². The second-order valence-corrected chi connectivity index (χ2v) is 5.97. The highest BCUT2D eigenvalue weighted by molar-refractivity contribution is 9.10. The number of benzene rings is 2. The van der Waals surface area contributed by atoms with Crippen LogP contribution in [0.3, 0.4) is 0 Å². The molecule has 2 N–H and O–H groups in total. The largest absolute Gasteiger partial charge is 0.496 e. The van der Waals surface area contributed by atoms with Gasteiger partial charge in [0.05, 0.1) is 7.11 Å². The zero-order chi connectivity index (χ0) is 15.4. The van der Waals surface area contributed by atoms with Crippen LogP contribution in [0.4, 0.5) is 0 Å². The van der Waals surface area contributed by atoms with Crippen LogP contribution in [0.1, 0.15) is 24.2 Å². The first-order valence-electron chi connectivity index (χ1n) is 6.84. The summed E-state index contributed by atoms with van der Waals surface area (Å²) in [5.41, 5.74) is 8.15. The Balaban J connectivity index is 2.36. The lowest BCUT2D eigenvalue weighted by Gasteiger charge is -2.25. The predicted molar refractivity (Wildman–Crippen MR) is 88.9 cm³/mol. The van der Waals surface area contributed by atoms with E-state index in [1.807, 2.05) is 56.3 Å². The topological polar surface area (TPSA) is 44.5 Å². The lowest BCUT2D eigenvalue weighted by Crippen LogP contribution is -2.29. The maximum absolute atomic E-state index is 6.16. The van der Waals surface area contributed by atoms with Crippen LogP contribution in [0.2, 0.25) is 0 Å². The predicted octanol–water partition coefficient (Wildman–Crippen LogP) is 4.23. The second-order valence-electron chi connectivity index (χ2n) is 5.05. The number of methoxy groups -OCH3 is 1. The fraction of sp³-hybridized carbons (Fsp3) is 0.294. The number of halogens is 1. The molecule has 0 saturated heterocycles. The third kappa shape index (κ3) is 3.77. The van der Waals surface area contributed by atoms with Gasteiger partial charge in [0.2, 0.25) is 0 Å². The molecule has 2 unspecified atom stereocenters. The minimum absolute atomic E-state index is 0.163. The number of ether oxygens (including phenoxy) is 2. The lowest BCUT2D eigenvalue weighted by atomic mass is 10.0. The molecule has 0 bridgehead atoms. The minimum atomic E-state index is -0.263. The van der Waals surface area contributed by atoms with Gasteiger partial charge >= 0.3 is 0 Å². The van der Waals surface area contributed by atoms with Gasteiger partial charge in [-0.05, 0) is 43.7 Å². The van der Waals surface area contributed by atoms with Crippen LogP contribution in [0.15, 0.2) is 46.9 Å². The van der Waals surface area contributed by atoms with E-state index in [1.165, 1.54) is 0 Å². The Morgan fingerprint density at radius 2 is 1.81 bits per heavy atom. The molecule has 4 heteroatoms. The van der Waals surface area contributed by atoms with E-state index in [0.717, 1.165) is 27.1 Å². The van der Waals surface area contributed by atoms with Gasteiger partial charge < -0.3 is 15.2 Å². The third-order valence-corrected chi connectivity index (χ3v) is 3.81. The summed E-state index contributed by atoms with van der Waals surface area (Å²) in [6.07, 6.45) is -0.263. The molecular formula is C17H20BrNO2. The molecule has 0 amide bonds. The van der Waals surface area contributed by atoms with Crippen molar-refractivity contribution in [2.24, 2.45) is 5.73 Å². The molecule has 0 aliphatic heterocycles. The smallest absolute Gasteiger partial charge is 0.142 e. The maximum Gasteiger partial charge on any atom is 0.142 e. The van der Waals surface area contributed by atoms with Gasteiger partial charge in [-0.2, -0.15) is 0 Å². The highest BCUT2D eigenvalue weighted by Gasteiger charge is 2.22. The van der Waals surface area contributed by atoms with Crippen LogP contribution >= 0.6 is 15.9 Å². The minimum Gasteiger partial charge on any atom is -0.496 e. The van der Waals surface area contributed by atoms with Crippen LogP contribution in [-0.4, -0.2) is 13.2 Å². The Labute approximate surface area is 134 Å². The van der Waals surface area contributed by atoms with Gasteiger partial charge in [-0.3, -0.25) is 0 Å². The number of nitrogens with two attached hydrogens (primary N) is 1. The molecule has 2 aromatic carbocycles.